The fourth-order valence-corrected chi connectivity index (χ4v) is 2.29. The Morgan fingerprint density at radius 3 is 2.57 bits per heavy atom. The molecule has 0 amide bonds. The van der Waals surface area contributed by atoms with Crippen LogP contribution in [0, 0.1) is 11.8 Å². The van der Waals surface area contributed by atoms with E-state index < -0.39 is 0 Å². The standard InChI is InChI=1S/C18H27NO2/c1-5-7-8-9-16(19-12-6-2)13-15-10-11-17(20-3)18(14-15)21-4/h10-11,14,16,19H,6,8-9,12-13H2,1-4H3. The molecule has 0 heterocycles. The molecule has 0 fully saturated rings. The Morgan fingerprint density at radius 2 is 1.95 bits per heavy atom. The number of methoxy groups -OCH3 is 2. The summed E-state index contributed by atoms with van der Waals surface area (Å²) in [6, 6.07) is 6.58. The Balaban J connectivity index is 2.73. The van der Waals surface area contributed by atoms with Gasteiger partial charge in [0.25, 0.3) is 0 Å². The van der Waals surface area contributed by atoms with Crippen molar-refractivity contribution in [1.82, 2.24) is 5.32 Å². The average Bonchev–Trinajstić information content (AvgIpc) is 2.52. The van der Waals surface area contributed by atoms with E-state index in [0.717, 1.165) is 43.7 Å². The number of hydrogen-bond acceptors (Lipinski definition) is 3. The van der Waals surface area contributed by atoms with E-state index >= 15 is 0 Å². The predicted octanol–water partition coefficient (Wildman–Crippen LogP) is 3.42. The molecule has 0 radical (unpaired) electrons. The summed E-state index contributed by atoms with van der Waals surface area (Å²) < 4.78 is 10.7. The van der Waals surface area contributed by atoms with Crippen molar-refractivity contribution in [3.8, 4) is 23.3 Å². The summed E-state index contributed by atoms with van der Waals surface area (Å²) in [5, 5.41) is 3.60. The van der Waals surface area contributed by atoms with Crippen molar-refractivity contribution in [3.05, 3.63) is 23.8 Å². The van der Waals surface area contributed by atoms with Gasteiger partial charge in [-0.05, 0) is 50.4 Å². The third kappa shape index (κ3) is 6.10. The highest BCUT2D eigenvalue weighted by molar-refractivity contribution is 5.43. The van der Waals surface area contributed by atoms with Crippen LogP contribution in [0.15, 0.2) is 18.2 Å². The monoisotopic (exact) mass is 289 g/mol. The molecule has 116 valence electrons. The Kier molecular flexibility index (Phi) is 8.38. The lowest BCUT2D eigenvalue weighted by Crippen LogP contribution is -2.31. The van der Waals surface area contributed by atoms with Crippen molar-refractivity contribution in [2.45, 2.75) is 45.6 Å². The second-order valence-electron chi connectivity index (χ2n) is 5.01. The minimum Gasteiger partial charge on any atom is -0.493 e. The van der Waals surface area contributed by atoms with E-state index in [0.29, 0.717) is 6.04 Å². The maximum Gasteiger partial charge on any atom is 0.160 e. The van der Waals surface area contributed by atoms with Gasteiger partial charge >= 0.3 is 0 Å². The second-order valence-corrected chi connectivity index (χ2v) is 5.01. The molecule has 1 N–H and O–H groups in total. The lowest BCUT2D eigenvalue weighted by Gasteiger charge is -2.18. The van der Waals surface area contributed by atoms with E-state index in [1.165, 1.54) is 5.56 Å². The van der Waals surface area contributed by atoms with E-state index in [-0.39, 0.29) is 0 Å². The van der Waals surface area contributed by atoms with Crippen molar-refractivity contribution < 1.29 is 9.47 Å². The summed E-state index contributed by atoms with van der Waals surface area (Å²) >= 11 is 0. The summed E-state index contributed by atoms with van der Waals surface area (Å²) in [6.07, 6.45) is 4.12. The average molecular weight is 289 g/mol. The Labute approximate surface area is 129 Å². The fraction of sp³-hybridized carbons (Fsp3) is 0.556. The molecule has 0 spiro atoms. The Bertz CT molecular complexity index is 474. The molecule has 21 heavy (non-hydrogen) atoms. The first-order valence-electron chi connectivity index (χ1n) is 7.59. The zero-order valence-corrected chi connectivity index (χ0v) is 13.7. The normalized spacial score (nSPS) is 11.4. The zero-order valence-electron chi connectivity index (χ0n) is 13.7. The van der Waals surface area contributed by atoms with Crippen LogP contribution in [0.2, 0.25) is 0 Å². The van der Waals surface area contributed by atoms with Crippen LogP contribution in [-0.4, -0.2) is 26.8 Å². The molecule has 1 rings (SSSR count). The lowest BCUT2D eigenvalue weighted by molar-refractivity contribution is 0.354. The largest absolute Gasteiger partial charge is 0.493 e. The molecule has 1 aromatic rings. The summed E-state index contributed by atoms with van der Waals surface area (Å²) in [6.45, 7) is 5.12. The highest BCUT2D eigenvalue weighted by atomic mass is 16.5. The third-order valence-corrected chi connectivity index (χ3v) is 3.41. The minimum atomic E-state index is 0.448. The summed E-state index contributed by atoms with van der Waals surface area (Å²) in [5.74, 6) is 7.67. The fourth-order valence-electron chi connectivity index (χ4n) is 2.29. The highest BCUT2D eigenvalue weighted by Crippen LogP contribution is 2.28. The Morgan fingerprint density at radius 1 is 1.19 bits per heavy atom. The van der Waals surface area contributed by atoms with Gasteiger partial charge in [0.2, 0.25) is 0 Å². The van der Waals surface area contributed by atoms with Gasteiger partial charge in [-0.1, -0.05) is 13.0 Å². The molecule has 3 heteroatoms. The van der Waals surface area contributed by atoms with Gasteiger partial charge in [0.05, 0.1) is 14.2 Å². The number of nitrogens with one attached hydrogen (secondary N) is 1. The molecule has 1 aromatic carbocycles. The predicted molar refractivity (Wildman–Crippen MR) is 88.0 cm³/mol. The maximum absolute atomic E-state index is 5.37. The molecule has 0 saturated heterocycles. The number of benzene rings is 1. The van der Waals surface area contributed by atoms with Gasteiger partial charge in [-0.3, -0.25) is 0 Å². The molecule has 0 aliphatic carbocycles. The third-order valence-electron chi connectivity index (χ3n) is 3.41. The second kappa shape index (κ2) is 10.1. The number of ether oxygens (including phenoxy) is 2. The van der Waals surface area contributed by atoms with Crippen molar-refractivity contribution in [2.24, 2.45) is 0 Å². The first kappa shape index (κ1) is 17.4. The van der Waals surface area contributed by atoms with Gasteiger partial charge in [0.1, 0.15) is 0 Å². The molecule has 1 unspecified atom stereocenters. The maximum atomic E-state index is 5.37. The van der Waals surface area contributed by atoms with E-state index in [1.54, 1.807) is 14.2 Å². The first-order chi connectivity index (χ1) is 10.2. The SMILES string of the molecule is CC#CCCC(Cc1ccc(OC)c(OC)c1)NCCC. The molecule has 0 saturated carbocycles. The van der Waals surface area contributed by atoms with Crippen LogP contribution >= 0.6 is 0 Å². The number of rotatable bonds is 9. The first-order valence-corrected chi connectivity index (χ1v) is 7.59. The van der Waals surface area contributed by atoms with Gasteiger partial charge in [-0.15, -0.1) is 11.8 Å². The quantitative estimate of drug-likeness (QED) is 0.707. The van der Waals surface area contributed by atoms with Crippen molar-refractivity contribution in [3.63, 3.8) is 0 Å². The van der Waals surface area contributed by atoms with Gasteiger partial charge < -0.3 is 14.8 Å². The zero-order chi connectivity index (χ0) is 15.5. The molecule has 3 nitrogen and oxygen atoms in total. The highest BCUT2D eigenvalue weighted by Gasteiger charge is 2.11. The molecule has 0 aliphatic rings. The Hall–Kier alpha value is -1.66. The molecule has 0 bridgehead atoms. The topological polar surface area (TPSA) is 30.5 Å². The van der Waals surface area contributed by atoms with Crippen LogP contribution in [0.5, 0.6) is 11.5 Å². The van der Waals surface area contributed by atoms with Crippen LogP contribution in [0.3, 0.4) is 0 Å². The van der Waals surface area contributed by atoms with Crippen LogP contribution in [0.4, 0.5) is 0 Å². The summed E-state index contributed by atoms with van der Waals surface area (Å²) in [4.78, 5) is 0. The van der Waals surface area contributed by atoms with Crippen LogP contribution in [0.25, 0.3) is 0 Å². The van der Waals surface area contributed by atoms with Crippen molar-refractivity contribution >= 4 is 0 Å². The molecular weight excluding hydrogens is 262 g/mol. The van der Waals surface area contributed by atoms with Gasteiger partial charge in [0.15, 0.2) is 11.5 Å². The van der Waals surface area contributed by atoms with Gasteiger partial charge in [-0.2, -0.15) is 0 Å². The number of hydrogen-bond donors (Lipinski definition) is 1. The van der Waals surface area contributed by atoms with Crippen LogP contribution in [-0.2, 0) is 6.42 Å². The van der Waals surface area contributed by atoms with Crippen molar-refractivity contribution in [2.75, 3.05) is 20.8 Å². The molecular formula is C18H27NO2. The van der Waals surface area contributed by atoms with E-state index in [2.05, 4.69) is 36.2 Å². The lowest BCUT2D eigenvalue weighted by atomic mass is 10.0. The minimum absolute atomic E-state index is 0.448. The van der Waals surface area contributed by atoms with Gasteiger partial charge in [-0.25, -0.2) is 0 Å². The van der Waals surface area contributed by atoms with Gasteiger partial charge in [0, 0.05) is 12.5 Å². The van der Waals surface area contributed by atoms with E-state index in [1.807, 2.05) is 13.0 Å². The summed E-state index contributed by atoms with van der Waals surface area (Å²) in [5.41, 5.74) is 1.26. The van der Waals surface area contributed by atoms with Crippen molar-refractivity contribution in [1.29, 1.82) is 0 Å². The summed E-state index contributed by atoms with van der Waals surface area (Å²) in [7, 11) is 3.33. The smallest absolute Gasteiger partial charge is 0.160 e. The van der Waals surface area contributed by atoms with E-state index in [4.69, 9.17) is 9.47 Å². The molecule has 0 aromatic heterocycles. The van der Waals surface area contributed by atoms with Crippen LogP contribution < -0.4 is 14.8 Å². The van der Waals surface area contributed by atoms with E-state index in [9.17, 15) is 0 Å². The molecule has 0 aliphatic heterocycles. The molecule has 1 atom stereocenters. The van der Waals surface area contributed by atoms with Crippen LogP contribution in [0.1, 0.15) is 38.7 Å².